The summed E-state index contributed by atoms with van der Waals surface area (Å²) in [4.78, 5) is 2.88. The number of hydrogen-bond donors (Lipinski definition) is 0. The molecule has 0 unspecified atom stereocenters. The van der Waals surface area contributed by atoms with Crippen molar-refractivity contribution in [3.63, 3.8) is 0 Å². The topological polar surface area (TPSA) is 0 Å². The third kappa shape index (κ3) is 19.9. The zero-order valence-electron chi connectivity index (χ0n) is 28.9. The Labute approximate surface area is 299 Å². The molecule has 254 valence electrons. The fourth-order valence-electron chi connectivity index (χ4n) is 6.42. The lowest BCUT2D eigenvalue weighted by Crippen LogP contribution is -1.86. The minimum atomic E-state index is 1.22. The second kappa shape index (κ2) is 28.4. The number of halogens is 2. The molecule has 0 spiro atoms. The molecule has 0 amide bonds. The molecule has 2 aromatic heterocycles. The molecule has 4 heteroatoms. The van der Waals surface area contributed by atoms with E-state index in [1.54, 1.807) is 0 Å². The molecule has 44 heavy (non-hydrogen) atoms. The largest absolute Gasteiger partial charge is 0.127 e. The lowest BCUT2D eigenvalue weighted by Gasteiger charge is -2.03. The maximum Gasteiger partial charge on any atom is 0.0737 e. The number of aryl methyl sites for hydroxylation is 2. The minimum absolute atomic E-state index is 1.22. The second-order valence-corrected chi connectivity index (χ2v) is 18.3. The van der Waals surface area contributed by atoms with Crippen molar-refractivity contribution in [2.24, 2.45) is 0 Å². The van der Waals surface area contributed by atoms with Gasteiger partial charge in [0.25, 0.3) is 0 Å². The van der Waals surface area contributed by atoms with E-state index in [0.717, 1.165) is 0 Å². The first-order valence-electron chi connectivity index (χ1n) is 19.2. The highest BCUT2D eigenvalue weighted by Crippen LogP contribution is 2.42. The molecule has 2 rings (SSSR count). The van der Waals surface area contributed by atoms with Crippen molar-refractivity contribution in [2.75, 3.05) is 0 Å². The van der Waals surface area contributed by atoms with Gasteiger partial charge in [0.15, 0.2) is 0 Å². The van der Waals surface area contributed by atoms with Crippen LogP contribution in [0.4, 0.5) is 0 Å². The van der Waals surface area contributed by atoms with Gasteiger partial charge in [-0.25, -0.2) is 0 Å². The van der Waals surface area contributed by atoms with Crippen LogP contribution in [0.2, 0.25) is 0 Å². The van der Waals surface area contributed by atoms with E-state index in [4.69, 9.17) is 0 Å². The number of unbranched alkanes of at least 4 members (excludes halogenated alkanes) is 26. The molecular weight excluding hydrogens is 704 g/mol. The quantitative estimate of drug-likeness (QED) is 0.0670. The normalized spacial score (nSPS) is 11.6. The molecule has 0 atom stereocenters. The average Bonchev–Trinajstić information content (AvgIpc) is 3.58. The number of hydrogen-bond acceptors (Lipinski definition) is 2. The third-order valence-electron chi connectivity index (χ3n) is 9.36. The lowest BCUT2D eigenvalue weighted by atomic mass is 10.0. The summed E-state index contributed by atoms with van der Waals surface area (Å²) in [6.45, 7) is 4.61. The highest BCUT2D eigenvalue weighted by atomic mass is 79.9. The molecular formula is C40H68Br2S2. The van der Waals surface area contributed by atoms with Gasteiger partial charge in [-0.15, -0.1) is 22.7 Å². The molecule has 2 aromatic rings. The van der Waals surface area contributed by atoms with Crippen LogP contribution in [-0.2, 0) is 12.8 Å². The Kier molecular flexibility index (Phi) is 26.1. The molecule has 0 radical (unpaired) electrons. The van der Waals surface area contributed by atoms with E-state index in [-0.39, 0.29) is 0 Å². The summed E-state index contributed by atoms with van der Waals surface area (Å²) in [6, 6.07) is 4.93. The van der Waals surface area contributed by atoms with Gasteiger partial charge < -0.3 is 0 Å². The van der Waals surface area contributed by atoms with Crippen LogP contribution in [0.1, 0.15) is 205 Å². The molecule has 0 bridgehead atoms. The standard InChI is InChI=1S/C40H68Br2S2/c1-3-5-7-9-11-13-15-17-19-21-23-25-27-29-31-35-33-37(43-39(35)41)38-34-36(40(42)44-38)32-30-28-26-24-22-20-18-16-14-12-10-8-6-4-2/h33-34H,3-32H2,1-2H3. The highest BCUT2D eigenvalue weighted by Gasteiger charge is 2.13. The summed E-state index contributed by atoms with van der Waals surface area (Å²) in [5.41, 5.74) is 3.03. The van der Waals surface area contributed by atoms with Gasteiger partial charge in [-0.3, -0.25) is 0 Å². The van der Waals surface area contributed by atoms with Crippen molar-refractivity contribution in [2.45, 2.75) is 206 Å². The van der Waals surface area contributed by atoms with Crippen molar-refractivity contribution in [1.82, 2.24) is 0 Å². The molecule has 0 aliphatic heterocycles. The first-order chi connectivity index (χ1) is 21.7. The van der Waals surface area contributed by atoms with Crippen molar-refractivity contribution < 1.29 is 0 Å². The van der Waals surface area contributed by atoms with E-state index in [2.05, 4.69) is 57.8 Å². The van der Waals surface area contributed by atoms with Crippen molar-refractivity contribution in [3.8, 4) is 9.75 Å². The second-order valence-electron chi connectivity index (χ2n) is 13.5. The van der Waals surface area contributed by atoms with Gasteiger partial charge in [0.05, 0.1) is 7.57 Å². The van der Waals surface area contributed by atoms with Crippen LogP contribution < -0.4 is 0 Å². The maximum atomic E-state index is 3.89. The lowest BCUT2D eigenvalue weighted by molar-refractivity contribution is 0.535. The van der Waals surface area contributed by atoms with Gasteiger partial charge in [-0.2, -0.15) is 0 Å². The summed E-state index contributed by atoms with van der Waals surface area (Å²) in [5.74, 6) is 0. The van der Waals surface area contributed by atoms with E-state index < -0.39 is 0 Å². The van der Waals surface area contributed by atoms with Crippen LogP contribution in [0.3, 0.4) is 0 Å². The van der Waals surface area contributed by atoms with Gasteiger partial charge in [-0.1, -0.05) is 181 Å². The summed E-state index contributed by atoms with van der Waals surface area (Å²) in [7, 11) is 0. The van der Waals surface area contributed by atoms with E-state index >= 15 is 0 Å². The Hall–Kier alpha value is 0.360. The van der Waals surface area contributed by atoms with Crippen molar-refractivity contribution in [3.05, 3.63) is 30.8 Å². The molecule has 0 saturated heterocycles. The van der Waals surface area contributed by atoms with Crippen LogP contribution in [0.25, 0.3) is 9.75 Å². The zero-order chi connectivity index (χ0) is 31.5. The van der Waals surface area contributed by atoms with Crippen molar-refractivity contribution >= 4 is 54.5 Å². The summed E-state index contributed by atoms with van der Waals surface area (Å²) >= 11 is 11.6. The molecule has 0 aromatic carbocycles. The molecule has 0 N–H and O–H groups in total. The van der Waals surface area contributed by atoms with Gasteiger partial charge in [0, 0.05) is 9.75 Å². The predicted octanol–water partition coefficient (Wildman–Crippen LogP) is 17.0. The van der Waals surface area contributed by atoms with E-state index in [9.17, 15) is 0 Å². The number of rotatable bonds is 31. The van der Waals surface area contributed by atoms with Crippen LogP contribution in [0, 0.1) is 0 Å². The van der Waals surface area contributed by atoms with Gasteiger partial charge in [0.1, 0.15) is 0 Å². The van der Waals surface area contributed by atoms with Gasteiger partial charge in [-0.05, 0) is 80.8 Å². The first kappa shape index (κ1) is 40.5. The first-order valence-corrected chi connectivity index (χ1v) is 22.4. The minimum Gasteiger partial charge on any atom is -0.127 e. The Balaban J connectivity index is 1.50. The maximum absolute atomic E-state index is 3.89. The Bertz CT molecular complexity index is 840. The van der Waals surface area contributed by atoms with Gasteiger partial charge in [0.2, 0.25) is 0 Å². The van der Waals surface area contributed by atoms with E-state index in [0.29, 0.717) is 0 Å². The fraction of sp³-hybridized carbons (Fsp3) is 0.800. The zero-order valence-corrected chi connectivity index (χ0v) is 33.7. The van der Waals surface area contributed by atoms with Crippen LogP contribution in [-0.4, -0.2) is 0 Å². The highest BCUT2D eigenvalue weighted by molar-refractivity contribution is 9.11. The van der Waals surface area contributed by atoms with Crippen LogP contribution >= 0.6 is 54.5 Å². The molecule has 0 fully saturated rings. The average molecular weight is 773 g/mol. The van der Waals surface area contributed by atoms with E-state index in [1.165, 1.54) is 221 Å². The SMILES string of the molecule is CCCCCCCCCCCCCCCCc1cc(-c2cc(CCCCCCCCCCCCCCCC)c(Br)s2)sc1Br. The smallest absolute Gasteiger partial charge is 0.0737 e. The Morgan fingerprint density at radius 3 is 0.841 bits per heavy atom. The summed E-state index contributed by atoms with van der Waals surface area (Å²) in [5, 5.41) is 0. The van der Waals surface area contributed by atoms with Gasteiger partial charge >= 0.3 is 0 Å². The molecule has 2 heterocycles. The summed E-state index contributed by atoms with van der Waals surface area (Å²) in [6.07, 6.45) is 42.4. The Morgan fingerprint density at radius 1 is 0.364 bits per heavy atom. The summed E-state index contributed by atoms with van der Waals surface area (Å²) < 4.78 is 2.69. The third-order valence-corrected chi connectivity index (χ3v) is 13.5. The molecule has 0 nitrogen and oxygen atoms in total. The number of thiophene rings is 2. The Morgan fingerprint density at radius 2 is 0.591 bits per heavy atom. The fourth-order valence-corrected chi connectivity index (χ4v) is 10.0. The molecule has 0 aliphatic carbocycles. The predicted molar refractivity (Wildman–Crippen MR) is 211 cm³/mol. The van der Waals surface area contributed by atoms with Crippen LogP contribution in [0.15, 0.2) is 19.7 Å². The molecule has 0 aliphatic rings. The van der Waals surface area contributed by atoms with E-state index in [1.807, 2.05) is 22.7 Å². The van der Waals surface area contributed by atoms with Crippen LogP contribution in [0.5, 0.6) is 0 Å². The van der Waals surface area contributed by atoms with Crippen molar-refractivity contribution in [1.29, 1.82) is 0 Å². The monoisotopic (exact) mass is 770 g/mol. The molecule has 0 saturated carbocycles.